The Kier molecular flexibility index (Phi) is 6.42. The standard InChI is InChI=1S/C13H23N5O.ClH/c1-9(2)10(3)15-13(19)12-8-18(17-16-12)11-4-6-14-7-5-11;/h8-11,14H,4-7H2,1-3H3,(H,15,19);1H. The van der Waals surface area contributed by atoms with Crippen molar-refractivity contribution in [1.82, 2.24) is 25.6 Å². The van der Waals surface area contributed by atoms with Crippen molar-refractivity contribution in [2.75, 3.05) is 13.1 Å². The fourth-order valence-corrected chi connectivity index (χ4v) is 2.08. The fraction of sp³-hybridized carbons (Fsp3) is 0.769. The van der Waals surface area contributed by atoms with Crippen LogP contribution in [0.15, 0.2) is 6.20 Å². The van der Waals surface area contributed by atoms with Gasteiger partial charge in [0.15, 0.2) is 5.69 Å². The highest BCUT2D eigenvalue weighted by atomic mass is 35.5. The third-order valence-corrected chi connectivity index (χ3v) is 3.78. The molecule has 2 heterocycles. The lowest BCUT2D eigenvalue weighted by Crippen LogP contribution is -2.36. The molecule has 1 atom stereocenters. The number of nitrogens with zero attached hydrogens (tertiary/aromatic N) is 3. The first-order valence-electron chi connectivity index (χ1n) is 7.01. The van der Waals surface area contributed by atoms with Crippen LogP contribution in [0.25, 0.3) is 0 Å². The van der Waals surface area contributed by atoms with Crippen molar-refractivity contribution in [3.63, 3.8) is 0 Å². The normalized spacial score (nSPS) is 17.6. The van der Waals surface area contributed by atoms with Crippen LogP contribution < -0.4 is 10.6 Å². The Balaban J connectivity index is 0.00000200. The van der Waals surface area contributed by atoms with Crippen molar-refractivity contribution < 1.29 is 4.79 Å². The summed E-state index contributed by atoms with van der Waals surface area (Å²) in [5, 5.41) is 14.3. The molecule has 1 saturated heterocycles. The maximum Gasteiger partial charge on any atom is 0.273 e. The summed E-state index contributed by atoms with van der Waals surface area (Å²) in [6.07, 6.45) is 3.83. The van der Waals surface area contributed by atoms with Crippen LogP contribution >= 0.6 is 12.4 Å². The molecule has 0 bridgehead atoms. The monoisotopic (exact) mass is 301 g/mol. The molecular weight excluding hydrogens is 278 g/mol. The topological polar surface area (TPSA) is 71.8 Å². The lowest BCUT2D eigenvalue weighted by molar-refractivity contribution is 0.0925. The maximum atomic E-state index is 12.0. The van der Waals surface area contributed by atoms with Crippen LogP contribution in [0.4, 0.5) is 0 Å². The van der Waals surface area contributed by atoms with Crippen molar-refractivity contribution in [2.45, 2.75) is 45.7 Å². The summed E-state index contributed by atoms with van der Waals surface area (Å²) in [6.45, 7) is 8.15. The lowest BCUT2D eigenvalue weighted by atomic mass is 10.1. The van der Waals surface area contributed by atoms with E-state index in [1.807, 2.05) is 11.6 Å². The van der Waals surface area contributed by atoms with Gasteiger partial charge in [0.2, 0.25) is 0 Å². The smallest absolute Gasteiger partial charge is 0.273 e. The van der Waals surface area contributed by atoms with Gasteiger partial charge in [-0.25, -0.2) is 4.68 Å². The van der Waals surface area contributed by atoms with Gasteiger partial charge in [0.25, 0.3) is 5.91 Å². The van der Waals surface area contributed by atoms with E-state index < -0.39 is 0 Å². The zero-order valence-electron chi connectivity index (χ0n) is 12.3. The zero-order chi connectivity index (χ0) is 13.8. The van der Waals surface area contributed by atoms with Crippen LogP contribution in [0.2, 0.25) is 0 Å². The van der Waals surface area contributed by atoms with E-state index in [9.17, 15) is 4.79 Å². The predicted octanol–water partition coefficient (Wildman–Crippen LogP) is 1.40. The van der Waals surface area contributed by atoms with E-state index in [1.54, 1.807) is 6.20 Å². The molecule has 1 amide bonds. The van der Waals surface area contributed by atoms with Crippen molar-refractivity contribution in [2.24, 2.45) is 5.92 Å². The van der Waals surface area contributed by atoms with Gasteiger partial charge in [-0.05, 0) is 38.8 Å². The minimum absolute atomic E-state index is 0. The van der Waals surface area contributed by atoms with E-state index in [2.05, 4.69) is 34.8 Å². The number of carbonyl (C=O) groups excluding carboxylic acids is 1. The van der Waals surface area contributed by atoms with Crippen LogP contribution in [-0.2, 0) is 0 Å². The Morgan fingerprint density at radius 3 is 2.65 bits per heavy atom. The van der Waals surface area contributed by atoms with E-state index in [0.717, 1.165) is 25.9 Å². The molecule has 0 aliphatic carbocycles. The fourth-order valence-electron chi connectivity index (χ4n) is 2.08. The molecule has 20 heavy (non-hydrogen) atoms. The Morgan fingerprint density at radius 1 is 1.40 bits per heavy atom. The van der Waals surface area contributed by atoms with E-state index in [1.165, 1.54) is 0 Å². The number of aromatic nitrogens is 3. The SMILES string of the molecule is CC(C)C(C)NC(=O)c1cn(C2CCNCC2)nn1.Cl. The van der Waals surface area contributed by atoms with Gasteiger partial charge in [0, 0.05) is 6.04 Å². The van der Waals surface area contributed by atoms with Gasteiger partial charge < -0.3 is 10.6 Å². The molecule has 0 saturated carbocycles. The Hall–Kier alpha value is -1.14. The van der Waals surface area contributed by atoms with E-state index in [4.69, 9.17) is 0 Å². The molecule has 1 aromatic heterocycles. The lowest BCUT2D eigenvalue weighted by Gasteiger charge is -2.22. The molecule has 0 radical (unpaired) electrons. The Morgan fingerprint density at radius 2 is 2.05 bits per heavy atom. The summed E-state index contributed by atoms with van der Waals surface area (Å²) in [6, 6.07) is 0.495. The Labute approximate surface area is 126 Å². The minimum atomic E-state index is -0.138. The van der Waals surface area contributed by atoms with E-state index >= 15 is 0 Å². The molecule has 6 nitrogen and oxygen atoms in total. The summed E-state index contributed by atoms with van der Waals surface area (Å²) in [5.41, 5.74) is 0.408. The molecule has 0 spiro atoms. The van der Waals surface area contributed by atoms with Crippen LogP contribution in [0.5, 0.6) is 0 Å². The number of carbonyl (C=O) groups is 1. The number of halogens is 1. The highest BCUT2D eigenvalue weighted by molar-refractivity contribution is 5.92. The maximum absolute atomic E-state index is 12.0. The molecule has 2 rings (SSSR count). The molecule has 0 aromatic carbocycles. The molecule has 114 valence electrons. The van der Waals surface area contributed by atoms with Gasteiger partial charge in [-0.1, -0.05) is 19.1 Å². The average molecular weight is 302 g/mol. The van der Waals surface area contributed by atoms with E-state index in [0.29, 0.717) is 17.7 Å². The van der Waals surface area contributed by atoms with Gasteiger partial charge in [-0.2, -0.15) is 0 Å². The van der Waals surface area contributed by atoms with Gasteiger partial charge in [0.05, 0.1) is 12.2 Å². The number of hydrogen-bond acceptors (Lipinski definition) is 4. The summed E-state index contributed by atoms with van der Waals surface area (Å²) < 4.78 is 1.83. The number of hydrogen-bond donors (Lipinski definition) is 2. The Bertz CT molecular complexity index is 428. The molecule has 1 fully saturated rings. The number of rotatable bonds is 4. The molecule has 7 heteroatoms. The minimum Gasteiger partial charge on any atom is -0.348 e. The third-order valence-electron chi connectivity index (χ3n) is 3.78. The van der Waals surface area contributed by atoms with Crippen molar-refractivity contribution in [3.05, 3.63) is 11.9 Å². The first-order valence-corrected chi connectivity index (χ1v) is 7.01. The zero-order valence-corrected chi connectivity index (χ0v) is 13.1. The van der Waals surface area contributed by atoms with Crippen LogP contribution in [0.3, 0.4) is 0 Å². The highest BCUT2D eigenvalue weighted by Crippen LogP contribution is 2.17. The molecule has 2 N–H and O–H groups in total. The van der Waals surface area contributed by atoms with Crippen molar-refractivity contribution in [1.29, 1.82) is 0 Å². The second-order valence-electron chi connectivity index (χ2n) is 5.57. The summed E-state index contributed by atoms with van der Waals surface area (Å²) in [4.78, 5) is 12.0. The quantitative estimate of drug-likeness (QED) is 0.882. The largest absolute Gasteiger partial charge is 0.348 e. The van der Waals surface area contributed by atoms with E-state index in [-0.39, 0.29) is 24.4 Å². The van der Waals surface area contributed by atoms with Gasteiger partial charge in [-0.3, -0.25) is 4.79 Å². The summed E-state index contributed by atoms with van der Waals surface area (Å²) in [5.74, 6) is 0.268. The number of nitrogens with one attached hydrogen (secondary N) is 2. The van der Waals surface area contributed by atoms with Gasteiger partial charge in [0.1, 0.15) is 0 Å². The summed E-state index contributed by atoms with van der Waals surface area (Å²) in [7, 11) is 0. The molecular formula is C13H24ClN5O. The average Bonchev–Trinajstić information content (AvgIpc) is 2.89. The first-order chi connectivity index (χ1) is 9.08. The number of amides is 1. The van der Waals surface area contributed by atoms with Crippen LogP contribution in [0, 0.1) is 5.92 Å². The van der Waals surface area contributed by atoms with Gasteiger partial charge >= 0.3 is 0 Å². The van der Waals surface area contributed by atoms with Crippen molar-refractivity contribution >= 4 is 18.3 Å². The van der Waals surface area contributed by atoms with Crippen LogP contribution in [-0.4, -0.2) is 40.0 Å². The second kappa shape index (κ2) is 7.59. The first kappa shape index (κ1) is 16.9. The van der Waals surface area contributed by atoms with Crippen molar-refractivity contribution in [3.8, 4) is 0 Å². The third kappa shape index (κ3) is 4.18. The molecule has 1 aliphatic heterocycles. The predicted molar refractivity (Wildman–Crippen MR) is 80.2 cm³/mol. The van der Waals surface area contributed by atoms with Crippen LogP contribution in [0.1, 0.15) is 50.1 Å². The van der Waals surface area contributed by atoms with Gasteiger partial charge in [-0.15, -0.1) is 17.5 Å². The highest BCUT2D eigenvalue weighted by Gasteiger charge is 2.20. The second-order valence-corrected chi connectivity index (χ2v) is 5.57. The molecule has 1 unspecified atom stereocenters. The number of piperidine rings is 1. The molecule has 1 aliphatic rings. The summed E-state index contributed by atoms with van der Waals surface area (Å²) >= 11 is 0. The molecule has 1 aromatic rings.